The van der Waals surface area contributed by atoms with Crippen LogP contribution >= 0.6 is 0 Å². The van der Waals surface area contributed by atoms with Gasteiger partial charge in [-0.05, 0) is 72.0 Å². The Kier molecular flexibility index (Phi) is 5.51. The number of oxazole rings is 1. The van der Waals surface area contributed by atoms with Crippen molar-refractivity contribution in [3.63, 3.8) is 0 Å². The number of aromatic nitrogens is 1. The van der Waals surface area contributed by atoms with E-state index in [-0.39, 0.29) is 17.9 Å². The van der Waals surface area contributed by atoms with Gasteiger partial charge in [-0.2, -0.15) is 0 Å². The highest BCUT2D eigenvalue weighted by atomic mass is 16.5. The van der Waals surface area contributed by atoms with Gasteiger partial charge in [0.15, 0.2) is 12.2 Å². The van der Waals surface area contributed by atoms with E-state index in [2.05, 4.69) is 31.1 Å². The first-order chi connectivity index (χ1) is 14.8. The van der Waals surface area contributed by atoms with Crippen LogP contribution in [0.5, 0.6) is 5.75 Å². The Morgan fingerprint density at radius 3 is 2.39 bits per heavy atom. The molecule has 31 heavy (non-hydrogen) atoms. The fourth-order valence-electron chi connectivity index (χ4n) is 3.25. The average molecular weight is 415 g/mol. The predicted molar refractivity (Wildman–Crippen MR) is 123 cm³/mol. The second kappa shape index (κ2) is 8.26. The predicted octanol–water partition coefficient (Wildman–Crippen LogP) is 6.12. The molecule has 0 aliphatic carbocycles. The van der Waals surface area contributed by atoms with Crippen molar-refractivity contribution in [1.82, 2.24) is 4.98 Å². The molecule has 1 amide bonds. The number of fused-ring (bicyclic) bond motifs is 1. The summed E-state index contributed by atoms with van der Waals surface area (Å²) in [6, 6.07) is 21.2. The van der Waals surface area contributed by atoms with Crippen LogP contribution in [0.15, 0.2) is 71.1 Å². The van der Waals surface area contributed by atoms with E-state index in [1.165, 1.54) is 5.56 Å². The molecule has 1 aromatic heterocycles. The molecule has 0 radical (unpaired) electrons. The van der Waals surface area contributed by atoms with Crippen molar-refractivity contribution in [3.05, 3.63) is 77.9 Å². The zero-order valence-corrected chi connectivity index (χ0v) is 18.2. The summed E-state index contributed by atoms with van der Waals surface area (Å²) in [6.45, 7) is 8.44. The van der Waals surface area contributed by atoms with Crippen LogP contribution in [0.4, 0.5) is 5.69 Å². The van der Waals surface area contributed by atoms with Crippen molar-refractivity contribution in [2.24, 2.45) is 0 Å². The van der Waals surface area contributed by atoms with Crippen LogP contribution in [0, 0.1) is 6.92 Å². The third-order valence-corrected chi connectivity index (χ3v) is 5.05. The number of aryl methyl sites for hydroxylation is 1. The van der Waals surface area contributed by atoms with Gasteiger partial charge in [-0.15, -0.1) is 0 Å². The molecule has 0 atom stereocenters. The molecule has 5 nitrogen and oxygen atoms in total. The number of rotatable bonds is 5. The molecule has 158 valence electrons. The normalized spacial score (nSPS) is 11.5. The van der Waals surface area contributed by atoms with Gasteiger partial charge in [-0.25, -0.2) is 4.98 Å². The quantitative estimate of drug-likeness (QED) is 0.427. The van der Waals surface area contributed by atoms with E-state index >= 15 is 0 Å². The van der Waals surface area contributed by atoms with Crippen LogP contribution in [0.1, 0.15) is 31.9 Å². The summed E-state index contributed by atoms with van der Waals surface area (Å²) in [7, 11) is 0. The van der Waals surface area contributed by atoms with E-state index in [0.29, 0.717) is 17.3 Å². The molecule has 4 aromatic rings. The number of nitrogens with one attached hydrogen (secondary N) is 1. The molecule has 0 unspecified atom stereocenters. The van der Waals surface area contributed by atoms with Gasteiger partial charge in [0.25, 0.3) is 5.91 Å². The second-order valence-corrected chi connectivity index (χ2v) is 8.68. The van der Waals surface area contributed by atoms with Crippen molar-refractivity contribution >= 4 is 22.7 Å². The minimum absolute atomic E-state index is 0.0545. The molecule has 0 aliphatic rings. The first-order valence-corrected chi connectivity index (χ1v) is 10.3. The number of carbonyl (C=O) groups excluding carboxylic acids is 1. The Hall–Kier alpha value is -3.60. The van der Waals surface area contributed by atoms with E-state index in [1.54, 1.807) is 0 Å². The van der Waals surface area contributed by atoms with Crippen molar-refractivity contribution < 1.29 is 13.9 Å². The summed E-state index contributed by atoms with van der Waals surface area (Å²) < 4.78 is 11.5. The Morgan fingerprint density at radius 1 is 1.00 bits per heavy atom. The lowest BCUT2D eigenvalue weighted by atomic mass is 9.87. The second-order valence-electron chi connectivity index (χ2n) is 8.68. The van der Waals surface area contributed by atoms with Gasteiger partial charge in [-0.3, -0.25) is 4.79 Å². The Balaban J connectivity index is 1.35. The highest BCUT2D eigenvalue weighted by Crippen LogP contribution is 2.26. The first kappa shape index (κ1) is 20.7. The molecule has 4 rings (SSSR count). The third kappa shape index (κ3) is 4.94. The average Bonchev–Trinajstić information content (AvgIpc) is 3.15. The van der Waals surface area contributed by atoms with Crippen molar-refractivity contribution in [3.8, 4) is 17.2 Å². The van der Waals surface area contributed by atoms with Crippen molar-refractivity contribution in [1.29, 1.82) is 0 Å². The molecule has 3 aromatic carbocycles. The van der Waals surface area contributed by atoms with Gasteiger partial charge in [0.05, 0.1) is 0 Å². The van der Waals surface area contributed by atoms with E-state index in [0.717, 1.165) is 22.2 Å². The number of nitrogens with zero attached hydrogens (tertiary/aromatic N) is 1. The number of ether oxygens (including phenoxy) is 1. The van der Waals surface area contributed by atoms with Crippen LogP contribution in [0.2, 0.25) is 0 Å². The van der Waals surface area contributed by atoms with Gasteiger partial charge in [0, 0.05) is 11.3 Å². The highest BCUT2D eigenvalue weighted by Gasteiger charge is 2.13. The largest absolute Gasteiger partial charge is 0.484 e. The zero-order chi connectivity index (χ0) is 22.0. The van der Waals surface area contributed by atoms with Gasteiger partial charge >= 0.3 is 0 Å². The van der Waals surface area contributed by atoms with Crippen LogP contribution in [0.25, 0.3) is 22.6 Å². The number of hydrogen-bond acceptors (Lipinski definition) is 4. The molecule has 1 heterocycles. The molecule has 1 N–H and O–H groups in total. The minimum Gasteiger partial charge on any atom is -0.484 e. The van der Waals surface area contributed by atoms with Gasteiger partial charge in [0.1, 0.15) is 11.3 Å². The maximum atomic E-state index is 12.2. The van der Waals surface area contributed by atoms with Crippen LogP contribution in [0.3, 0.4) is 0 Å². The minimum atomic E-state index is -0.218. The Labute approximate surface area is 182 Å². The lowest BCUT2D eigenvalue weighted by Crippen LogP contribution is -2.20. The molecule has 0 saturated heterocycles. The number of carbonyl (C=O) groups is 1. The maximum Gasteiger partial charge on any atom is 0.262 e. The lowest BCUT2D eigenvalue weighted by molar-refractivity contribution is -0.118. The van der Waals surface area contributed by atoms with Crippen molar-refractivity contribution in [2.45, 2.75) is 33.1 Å². The Bertz CT molecular complexity index is 1200. The summed E-state index contributed by atoms with van der Waals surface area (Å²) in [4.78, 5) is 16.8. The monoisotopic (exact) mass is 414 g/mol. The maximum absolute atomic E-state index is 12.2. The Morgan fingerprint density at radius 2 is 1.71 bits per heavy atom. The summed E-state index contributed by atoms with van der Waals surface area (Å²) in [5.74, 6) is 1.01. The molecule has 0 aliphatic heterocycles. The smallest absolute Gasteiger partial charge is 0.262 e. The number of hydrogen-bond donors (Lipinski definition) is 1. The van der Waals surface area contributed by atoms with Gasteiger partial charge in [0.2, 0.25) is 5.89 Å². The van der Waals surface area contributed by atoms with Crippen LogP contribution < -0.4 is 10.1 Å². The number of benzene rings is 3. The summed E-state index contributed by atoms with van der Waals surface area (Å²) in [6.07, 6.45) is 0. The summed E-state index contributed by atoms with van der Waals surface area (Å²) >= 11 is 0. The lowest BCUT2D eigenvalue weighted by Gasteiger charge is -2.19. The van der Waals surface area contributed by atoms with E-state index in [9.17, 15) is 4.79 Å². The molecular weight excluding hydrogens is 388 g/mol. The molecule has 0 spiro atoms. The first-order valence-electron chi connectivity index (χ1n) is 10.3. The molecule has 0 fully saturated rings. The van der Waals surface area contributed by atoms with E-state index in [4.69, 9.17) is 9.15 Å². The summed E-state index contributed by atoms with van der Waals surface area (Å²) in [5, 5.41) is 2.85. The molecule has 5 heteroatoms. The molecule has 0 bridgehead atoms. The zero-order valence-electron chi connectivity index (χ0n) is 18.2. The van der Waals surface area contributed by atoms with Crippen molar-refractivity contribution in [2.75, 3.05) is 11.9 Å². The van der Waals surface area contributed by atoms with Crippen LogP contribution in [-0.4, -0.2) is 17.5 Å². The SMILES string of the molecule is Cc1ccc2nc(-c3ccc(NC(=O)COc4ccc(C(C)(C)C)cc4)cc3)oc2c1. The molecular formula is C26H26N2O3. The third-order valence-electron chi connectivity index (χ3n) is 5.05. The number of anilines is 1. The molecule has 0 saturated carbocycles. The topological polar surface area (TPSA) is 64.4 Å². The fraction of sp³-hybridized carbons (Fsp3) is 0.231. The highest BCUT2D eigenvalue weighted by molar-refractivity contribution is 5.92. The van der Waals surface area contributed by atoms with Gasteiger partial charge in [-0.1, -0.05) is 39.0 Å². The van der Waals surface area contributed by atoms with E-state index in [1.807, 2.05) is 73.7 Å². The summed E-state index contributed by atoms with van der Waals surface area (Å²) in [5.41, 5.74) is 5.55. The van der Waals surface area contributed by atoms with Crippen LogP contribution in [-0.2, 0) is 10.2 Å². The number of amides is 1. The van der Waals surface area contributed by atoms with Gasteiger partial charge < -0.3 is 14.5 Å². The standard InChI is InChI=1S/C26H26N2O3/c1-17-5-14-22-23(15-17)31-25(28-22)18-6-10-20(11-7-18)27-24(29)16-30-21-12-8-19(9-13-21)26(2,3)4/h5-15H,16H2,1-4H3,(H,27,29). The van der Waals surface area contributed by atoms with E-state index < -0.39 is 0 Å². The fourth-order valence-corrected chi connectivity index (χ4v) is 3.25.